The Bertz CT molecular complexity index is 807. The van der Waals surface area contributed by atoms with Crippen molar-refractivity contribution in [2.75, 3.05) is 0 Å². The van der Waals surface area contributed by atoms with Crippen LogP contribution in [0.25, 0.3) is 10.1 Å². The van der Waals surface area contributed by atoms with Crippen molar-refractivity contribution in [2.24, 2.45) is 0 Å². The molecule has 21 heavy (non-hydrogen) atoms. The highest BCUT2D eigenvalue weighted by molar-refractivity contribution is 7.19. The van der Waals surface area contributed by atoms with E-state index in [4.69, 9.17) is 4.74 Å². The van der Waals surface area contributed by atoms with Crippen LogP contribution < -0.4 is 4.74 Å². The maximum Gasteiger partial charge on any atom is 0.336 e. The summed E-state index contributed by atoms with van der Waals surface area (Å²) in [4.78, 5) is 12.1. The summed E-state index contributed by atoms with van der Waals surface area (Å²) in [6.07, 6.45) is 0. The number of ether oxygens (including phenoxy) is 1. The van der Waals surface area contributed by atoms with Crippen LogP contribution in [0.3, 0.4) is 0 Å². The molecule has 0 saturated heterocycles. The number of carboxylic acid groups (broad SMARTS) is 1. The third-order valence-electron chi connectivity index (χ3n) is 3.08. The molecule has 3 rings (SSSR count). The van der Waals surface area contributed by atoms with Crippen molar-refractivity contribution in [3.8, 4) is 11.5 Å². The third kappa shape index (κ3) is 2.68. The van der Waals surface area contributed by atoms with Crippen LogP contribution in [0.15, 0.2) is 48.5 Å². The highest BCUT2D eigenvalue weighted by Gasteiger charge is 2.11. The normalized spacial score (nSPS) is 10.7. The van der Waals surface area contributed by atoms with Gasteiger partial charge in [0, 0.05) is 15.0 Å². The third-order valence-corrected chi connectivity index (χ3v) is 4.15. The number of rotatable bonds is 4. The second kappa shape index (κ2) is 5.46. The first-order chi connectivity index (χ1) is 10.1. The number of carboxylic acids is 1. The highest BCUT2D eigenvalue weighted by Crippen LogP contribution is 2.31. The summed E-state index contributed by atoms with van der Waals surface area (Å²) in [5.41, 5.74) is 0.289. The number of benzene rings is 2. The maximum atomic E-state index is 11.2. The number of thiophene rings is 1. The van der Waals surface area contributed by atoms with Crippen molar-refractivity contribution in [2.45, 2.75) is 6.61 Å². The summed E-state index contributed by atoms with van der Waals surface area (Å²) in [6, 6.07) is 13.8. The fraction of sp³-hybridized carbons (Fsp3) is 0.0625. The Kier molecular flexibility index (Phi) is 3.50. The van der Waals surface area contributed by atoms with Gasteiger partial charge in [0.1, 0.15) is 6.61 Å². The van der Waals surface area contributed by atoms with Crippen LogP contribution in [-0.2, 0) is 6.61 Å². The summed E-state index contributed by atoms with van der Waals surface area (Å²) in [5, 5.41) is 19.5. The van der Waals surface area contributed by atoms with Crippen LogP contribution in [0.4, 0.5) is 0 Å². The van der Waals surface area contributed by atoms with Gasteiger partial charge in [-0.2, -0.15) is 0 Å². The van der Waals surface area contributed by atoms with Gasteiger partial charge in [0.05, 0.1) is 5.56 Å². The van der Waals surface area contributed by atoms with Crippen molar-refractivity contribution in [3.63, 3.8) is 0 Å². The molecule has 106 valence electrons. The van der Waals surface area contributed by atoms with E-state index < -0.39 is 5.97 Å². The minimum absolute atomic E-state index is 0.0878. The predicted octanol–water partition coefficient (Wildman–Crippen LogP) is 3.88. The van der Waals surface area contributed by atoms with Gasteiger partial charge < -0.3 is 14.9 Å². The molecule has 0 bridgehead atoms. The van der Waals surface area contributed by atoms with Gasteiger partial charge in [-0.15, -0.1) is 11.3 Å². The predicted molar refractivity (Wildman–Crippen MR) is 81.2 cm³/mol. The first kappa shape index (κ1) is 13.5. The van der Waals surface area contributed by atoms with E-state index >= 15 is 0 Å². The lowest BCUT2D eigenvalue weighted by molar-refractivity contribution is 0.0699. The number of aromatic carboxylic acids is 1. The smallest absolute Gasteiger partial charge is 0.336 e. The highest BCUT2D eigenvalue weighted by atomic mass is 32.1. The average molecular weight is 300 g/mol. The molecule has 2 N–H and O–H groups in total. The molecule has 0 fully saturated rings. The standard InChI is InChI=1S/C16H12O4S/c17-13-5-1-2-6-14(13)20-9-10-8-12-11(16(18)19)4-3-7-15(12)21-10/h1-8,17H,9H2,(H,18,19). The molecule has 0 aliphatic heterocycles. The molecule has 0 unspecified atom stereocenters. The second-order valence-corrected chi connectivity index (χ2v) is 5.66. The van der Waals surface area contributed by atoms with Crippen molar-refractivity contribution in [1.82, 2.24) is 0 Å². The zero-order valence-corrected chi connectivity index (χ0v) is 11.8. The number of para-hydroxylation sites is 2. The van der Waals surface area contributed by atoms with Crippen molar-refractivity contribution in [1.29, 1.82) is 0 Å². The summed E-state index contributed by atoms with van der Waals surface area (Å²) >= 11 is 1.48. The Morgan fingerprint density at radius 1 is 1.14 bits per heavy atom. The summed E-state index contributed by atoms with van der Waals surface area (Å²) in [7, 11) is 0. The molecular weight excluding hydrogens is 288 g/mol. The Hall–Kier alpha value is -2.53. The van der Waals surface area contributed by atoms with Crippen LogP contribution in [0.5, 0.6) is 11.5 Å². The van der Waals surface area contributed by atoms with E-state index in [-0.39, 0.29) is 17.9 Å². The first-order valence-electron chi connectivity index (χ1n) is 6.30. The largest absolute Gasteiger partial charge is 0.504 e. The minimum atomic E-state index is -0.938. The molecule has 5 heteroatoms. The van der Waals surface area contributed by atoms with Crippen molar-refractivity contribution >= 4 is 27.4 Å². The number of phenols is 1. The summed E-state index contributed by atoms with van der Waals surface area (Å²) in [5.74, 6) is -0.440. The molecular formula is C16H12O4S. The van der Waals surface area contributed by atoms with E-state index in [2.05, 4.69) is 0 Å². The fourth-order valence-electron chi connectivity index (χ4n) is 2.10. The molecule has 0 aliphatic carbocycles. The fourth-order valence-corrected chi connectivity index (χ4v) is 3.10. The molecule has 0 radical (unpaired) electrons. The lowest BCUT2D eigenvalue weighted by Gasteiger charge is -2.05. The van der Waals surface area contributed by atoms with Crippen LogP contribution in [-0.4, -0.2) is 16.2 Å². The lowest BCUT2D eigenvalue weighted by Crippen LogP contribution is -1.95. The van der Waals surface area contributed by atoms with Crippen molar-refractivity contribution < 1.29 is 19.7 Å². The molecule has 0 amide bonds. The molecule has 2 aromatic carbocycles. The zero-order chi connectivity index (χ0) is 14.8. The van der Waals surface area contributed by atoms with Crippen LogP contribution >= 0.6 is 11.3 Å². The van der Waals surface area contributed by atoms with Crippen LogP contribution in [0, 0.1) is 0 Å². The molecule has 0 spiro atoms. The zero-order valence-electron chi connectivity index (χ0n) is 10.9. The number of phenolic OH excluding ortho intramolecular Hbond substituents is 1. The van der Waals surface area contributed by atoms with Gasteiger partial charge in [0.25, 0.3) is 0 Å². The minimum Gasteiger partial charge on any atom is -0.504 e. The van der Waals surface area contributed by atoms with Gasteiger partial charge in [-0.25, -0.2) is 4.79 Å². The maximum absolute atomic E-state index is 11.2. The first-order valence-corrected chi connectivity index (χ1v) is 7.12. The van der Waals surface area contributed by atoms with Gasteiger partial charge in [0.15, 0.2) is 11.5 Å². The second-order valence-electron chi connectivity index (χ2n) is 4.49. The molecule has 3 aromatic rings. The van der Waals surface area contributed by atoms with Gasteiger partial charge in [0.2, 0.25) is 0 Å². The van der Waals surface area contributed by atoms with E-state index in [9.17, 15) is 15.0 Å². The van der Waals surface area contributed by atoms with Gasteiger partial charge in [-0.3, -0.25) is 0 Å². The van der Waals surface area contributed by atoms with E-state index in [1.807, 2.05) is 12.1 Å². The Morgan fingerprint density at radius 3 is 2.71 bits per heavy atom. The summed E-state index contributed by atoms with van der Waals surface area (Å²) in [6.45, 7) is 0.288. The number of hydrogen-bond donors (Lipinski definition) is 2. The molecule has 1 heterocycles. The Balaban J connectivity index is 1.87. The molecule has 0 saturated carbocycles. The number of hydrogen-bond acceptors (Lipinski definition) is 4. The monoisotopic (exact) mass is 300 g/mol. The van der Waals surface area contributed by atoms with Crippen LogP contribution in [0.2, 0.25) is 0 Å². The number of carbonyl (C=O) groups is 1. The van der Waals surface area contributed by atoms with Crippen molar-refractivity contribution in [3.05, 3.63) is 59.0 Å². The SMILES string of the molecule is O=C(O)c1cccc2sc(COc3ccccc3O)cc12. The molecule has 0 atom stereocenters. The topological polar surface area (TPSA) is 66.8 Å². The van der Waals surface area contributed by atoms with E-state index in [0.717, 1.165) is 9.58 Å². The van der Waals surface area contributed by atoms with E-state index in [1.54, 1.807) is 36.4 Å². The van der Waals surface area contributed by atoms with Crippen LogP contribution in [0.1, 0.15) is 15.2 Å². The van der Waals surface area contributed by atoms with Gasteiger partial charge >= 0.3 is 5.97 Å². The van der Waals surface area contributed by atoms with E-state index in [1.165, 1.54) is 11.3 Å². The lowest BCUT2D eigenvalue weighted by atomic mass is 10.1. The quantitative estimate of drug-likeness (QED) is 0.767. The van der Waals surface area contributed by atoms with Gasteiger partial charge in [-0.1, -0.05) is 18.2 Å². The molecule has 4 nitrogen and oxygen atoms in total. The Morgan fingerprint density at radius 2 is 1.95 bits per heavy atom. The molecule has 1 aromatic heterocycles. The summed E-state index contributed by atoms with van der Waals surface area (Å²) < 4.78 is 6.47. The van der Waals surface area contributed by atoms with E-state index in [0.29, 0.717) is 11.1 Å². The number of aromatic hydroxyl groups is 1. The number of fused-ring (bicyclic) bond motifs is 1. The average Bonchev–Trinajstić information content (AvgIpc) is 2.88. The Labute approximate surface area is 124 Å². The molecule has 0 aliphatic rings. The van der Waals surface area contributed by atoms with Gasteiger partial charge in [-0.05, 0) is 30.3 Å².